The van der Waals surface area contributed by atoms with E-state index in [0.717, 1.165) is 0 Å². The van der Waals surface area contributed by atoms with E-state index in [9.17, 15) is 0 Å². The molecule has 90 valence electrons. The van der Waals surface area contributed by atoms with Crippen molar-refractivity contribution in [1.29, 1.82) is 0 Å². The third-order valence-electron chi connectivity index (χ3n) is 2.30. The molecule has 0 atom stereocenters. The van der Waals surface area contributed by atoms with Gasteiger partial charge in [-0.2, -0.15) is 0 Å². The Bertz CT molecular complexity index is 355. The second kappa shape index (κ2) is 6.01. The molecule has 0 unspecified atom stereocenters. The fourth-order valence-corrected chi connectivity index (χ4v) is 11.4. The van der Waals surface area contributed by atoms with Crippen LogP contribution in [0.15, 0.2) is 24.3 Å². The number of halogens is 5. The first-order valence-corrected chi connectivity index (χ1v) is 21.0. The highest BCUT2D eigenvalue weighted by atomic mass is 80.0. The average Bonchev–Trinajstić information content (AvgIpc) is 2.16. The SMILES string of the molecule is CC(C)c1ccc([Si](Br)(Br)[Si](Br)(Br)Br)cc1. The number of hydrogen-bond acceptors (Lipinski definition) is 0. The molecule has 0 aliphatic heterocycles. The highest BCUT2D eigenvalue weighted by Gasteiger charge is 2.50. The summed E-state index contributed by atoms with van der Waals surface area (Å²) in [4.78, 5) is -1.82. The first-order valence-electron chi connectivity index (χ1n) is 4.71. The van der Waals surface area contributed by atoms with Crippen molar-refractivity contribution < 1.29 is 0 Å². The van der Waals surface area contributed by atoms with Crippen molar-refractivity contribution in [2.45, 2.75) is 19.8 Å². The summed E-state index contributed by atoms with van der Waals surface area (Å²) in [6, 6.07) is 8.82. The van der Waals surface area contributed by atoms with Crippen LogP contribution in [0.5, 0.6) is 0 Å². The Morgan fingerprint density at radius 3 is 1.62 bits per heavy atom. The van der Waals surface area contributed by atoms with Gasteiger partial charge in [0.05, 0.1) is 0 Å². The third kappa shape index (κ3) is 3.77. The van der Waals surface area contributed by atoms with Crippen LogP contribution in [0, 0.1) is 0 Å². The van der Waals surface area contributed by atoms with Crippen molar-refractivity contribution in [3.63, 3.8) is 0 Å². The summed E-state index contributed by atoms with van der Waals surface area (Å²) in [6.45, 7) is 4.42. The molecule has 16 heavy (non-hydrogen) atoms. The fourth-order valence-electron chi connectivity index (χ4n) is 1.24. The van der Waals surface area contributed by atoms with Gasteiger partial charge in [0.2, 0.25) is 0 Å². The van der Waals surface area contributed by atoms with E-state index in [1.54, 1.807) is 0 Å². The molecule has 0 saturated carbocycles. The van der Waals surface area contributed by atoms with Crippen molar-refractivity contribution in [2.24, 2.45) is 0 Å². The summed E-state index contributed by atoms with van der Waals surface area (Å²) in [5.74, 6) is 0.578. The van der Waals surface area contributed by atoms with E-state index < -0.39 is 8.28 Å². The van der Waals surface area contributed by atoms with Gasteiger partial charge in [-0.05, 0) is 16.7 Å². The molecule has 0 fully saturated rings. The van der Waals surface area contributed by atoms with Crippen LogP contribution >= 0.6 is 76.5 Å². The molecule has 1 aromatic rings. The zero-order valence-corrected chi connectivity index (χ0v) is 18.7. The molecular weight excluding hydrogens is 564 g/mol. The second-order valence-electron chi connectivity index (χ2n) is 3.85. The summed E-state index contributed by atoms with van der Waals surface area (Å²) in [5.41, 5.74) is 1.37. The van der Waals surface area contributed by atoms with Gasteiger partial charge in [-0.25, -0.2) is 0 Å². The highest BCUT2D eigenvalue weighted by molar-refractivity contribution is 9.81. The Morgan fingerprint density at radius 1 is 0.875 bits per heavy atom. The molecule has 0 nitrogen and oxygen atoms in total. The average molecular weight is 575 g/mol. The normalized spacial score (nSPS) is 13.2. The smallest absolute Gasteiger partial charge is 0.105 e. The molecule has 0 amide bonds. The maximum atomic E-state index is 3.85. The van der Waals surface area contributed by atoms with E-state index in [0.29, 0.717) is 5.92 Å². The molecule has 1 rings (SSSR count). The lowest BCUT2D eigenvalue weighted by molar-refractivity contribution is 0.867. The molecule has 0 aromatic heterocycles. The van der Waals surface area contributed by atoms with Gasteiger partial charge in [-0.15, -0.1) is 30.6 Å². The van der Waals surface area contributed by atoms with E-state index in [-0.39, 0.29) is 0 Å². The fraction of sp³-hybridized carbons (Fsp3) is 0.333. The molecular formula is C9H11Br5Si2. The zero-order valence-electron chi connectivity index (χ0n) is 8.78. The van der Waals surface area contributed by atoms with Crippen LogP contribution < -0.4 is 5.19 Å². The molecule has 0 aliphatic carbocycles. The maximum Gasteiger partial charge on any atom is 0.283 e. The first kappa shape index (κ1) is 16.1. The third-order valence-corrected chi connectivity index (χ3v) is 65.3. The first-order chi connectivity index (χ1) is 7.16. The molecule has 0 N–H and O–H groups in total. The Labute approximate surface area is 138 Å². The van der Waals surface area contributed by atoms with Crippen molar-refractivity contribution in [3.8, 4) is 0 Å². The lowest BCUT2D eigenvalue weighted by atomic mass is 10.0. The minimum Gasteiger partial charge on any atom is -0.105 e. The second-order valence-corrected chi connectivity index (χ2v) is 52.7. The standard InChI is InChI=1S/C9H11Br5Si2/c1-7(2)8-3-5-9(6-4-8)15(10,11)16(12,13)14/h3-7H,1-2H3. The van der Waals surface area contributed by atoms with Gasteiger partial charge in [-0.1, -0.05) is 84.0 Å². The minimum absolute atomic E-state index is 0.578. The predicted octanol–water partition coefficient (Wildman–Crippen LogP) is 5.45. The molecule has 0 bridgehead atoms. The van der Waals surface area contributed by atoms with E-state index in [2.05, 4.69) is 115 Å². The minimum atomic E-state index is -1.82. The summed E-state index contributed by atoms with van der Waals surface area (Å²) < 4.78 is -1.76. The maximum absolute atomic E-state index is 3.85. The van der Waals surface area contributed by atoms with Gasteiger partial charge in [0, 0.05) is 0 Å². The molecule has 0 spiro atoms. The van der Waals surface area contributed by atoms with Crippen LogP contribution in [-0.2, 0) is 0 Å². The Morgan fingerprint density at radius 2 is 1.31 bits per heavy atom. The molecule has 0 radical (unpaired) electrons. The van der Waals surface area contributed by atoms with Gasteiger partial charge >= 0.3 is 0 Å². The molecule has 0 saturated heterocycles. The summed E-state index contributed by atoms with van der Waals surface area (Å²) >= 11 is 18.9. The molecule has 0 heterocycles. The van der Waals surface area contributed by atoms with Gasteiger partial charge < -0.3 is 0 Å². The Hall–Kier alpha value is 2.05. The van der Waals surface area contributed by atoms with Gasteiger partial charge in [0.25, 0.3) is 8.28 Å². The van der Waals surface area contributed by atoms with Crippen LogP contribution in [0.3, 0.4) is 0 Å². The number of benzene rings is 1. The predicted molar refractivity (Wildman–Crippen MR) is 96.3 cm³/mol. The number of hydrogen-bond donors (Lipinski definition) is 0. The quantitative estimate of drug-likeness (QED) is 0.333. The van der Waals surface area contributed by atoms with E-state index >= 15 is 0 Å². The van der Waals surface area contributed by atoms with Gasteiger partial charge in [-0.3, -0.25) is 0 Å². The summed E-state index contributed by atoms with van der Waals surface area (Å²) in [7, 11) is 0. The van der Waals surface area contributed by atoms with Crippen LogP contribution in [0.1, 0.15) is 25.3 Å². The van der Waals surface area contributed by atoms with Crippen LogP contribution in [0.2, 0.25) is 0 Å². The van der Waals surface area contributed by atoms with Crippen LogP contribution in [0.4, 0.5) is 0 Å². The van der Waals surface area contributed by atoms with Gasteiger partial charge in [0.15, 0.2) is 0 Å². The Kier molecular flexibility index (Phi) is 6.05. The largest absolute Gasteiger partial charge is 0.283 e. The lowest BCUT2D eigenvalue weighted by Crippen LogP contribution is -2.51. The van der Waals surface area contributed by atoms with Crippen molar-refractivity contribution in [3.05, 3.63) is 29.8 Å². The molecule has 7 heteroatoms. The van der Waals surface area contributed by atoms with Crippen LogP contribution in [0.25, 0.3) is 0 Å². The topological polar surface area (TPSA) is 0 Å². The Balaban J connectivity index is 3.07. The van der Waals surface area contributed by atoms with Crippen LogP contribution in [-0.4, -0.2) is 8.28 Å². The number of rotatable bonds is 3. The summed E-state index contributed by atoms with van der Waals surface area (Å²) in [5, 5.41) is 1.33. The van der Waals surface area contributed by atoms with Crippen molar-refractivity contribution >= 4 is 89.9 Å². The highest BCUT2D eigenvalue weighted by Crippen LogP contribution is 2.43. The van der Waals surface area contributed by atoms with Crippen molar-refractivity contribution in [2.75, 3.05) is 0 Å². The van der Waals surface area contributed by atoms with E-state index in [1.807, 2.05) is 0 Å². The lowest BCUT2D eigenvalue weighted by Gasteiger charge is -2.25. The van der Waals surface area contributed by atoms with E-state index in [4.69, 9.17) is 0 Å². The monoisotopic (exact) mass is 570 g/mol. The van der Waals surface area contributed by atoms with Gasteiger partial charge in [0.1, 0.15) is 0 Å². The zero-order chi connectivity index (χ0) is 12.6. The summed E-state index contributed by atoms with van der Waals surface area (Å²) in [6.07, 6.45) is 0. The molecule has 1 aromatic carbocycles. The van der Waals surface area contributed by atoms with E-state index in [1.165, 1.54) is 10.8 Å². The van der Waals surface area contributed by atoms with Crippen molar-refractivity contribution in [1.82, 2.24) is 0 Å². The molecule has 0 aliphatic rings.